The Labute approximate surface area is 136 Å². The summed E-state index contributed by atoms with van der Waals surface area (Å²) < 4.78 is 0. The summed E-state index contributed by atoms with van der Waals surface area (Å²) in [5, 5.41) is 1.48. The quantitative estimate of drug-likeness (QED) is 0.607. The predicted octanol–water partition coefficient (Wildman–Crippen LogP) is 5.95. The molecule has 0 atom stereocenters. The SMILES string of the molecule is Cl.O=C(c1ccc(Cl)c(Cl)c1)c1ccc(Cl)c(Cl)c1. The monoisotopic (exact) mass is 354 g/mol. The van der Waals surface area contributed by atoms with E-state index < -0.39 is 0 Å². The van der Waals surface area contributed by atoms with Crippen LogP contribution in [0.2, 0.25) is 20.1 Å². The average molecular weight is 356 g/mol. The van der Waals surface area contributed by atoms with Gasteiger partial charge in [-0.2, -0.15) is 0 Å². The van der Waals surface area contributed by atoms with E-state index >= 15 is 0 Å². The molecule has 0 saturated carbocycles. The van der Waals surface area contributed by atoms with Crippen LogP contribution in [0.4, 0.5) is 0 Å². The zero-order valence-electron chi connectivity index (χ0n) is 9.29. The lowest BCUT2D eigenvalue weighted by molar-refractivity contribution is 0.103. The first kappa shape index (κ1) is 16.6. The number of benzene rings is 2. The second-order valence-corrected chi connectivity index (χ2v) is 5.22. The summed E-state index contributed by atoms with van der Waals surface area (Å²) in [7, 11) is 0. The average Bonchev–Trinajstić information content (AvgIpc) is 2.35. The van der Waals surface area contributed by atoms with Crippen molar-refractivity contribution in [3.63, 3.8) is 0 Å². The molecule has 100 valence electrons. The van der Waals surface area contributed by atoms with E-state index in [9.17, 15) is 4.79 Å². The van der Waals surface area contributed by atoms with Gasteiger partial charge >= 0.3 is 0 Å². The van der Waals surface area contributed by atoms with Crippen molar-refractivity contribution in [3.8, 4) is 0 Å². The van der Waals surface area contributed by atoms with Gasteiger partial charge in [-0.15, -0.1) is 12.4 Å². The molecule has 2 aromatic carbocycles. The Bertz CT molecular complexity index is 571. The Morgan fingerprint density at radius 1 is 0.684 bits per heavy atom. The molecule has 0 aromatic heterocycles. The molecule has 0 bridgehead atoms. The minimum Gasteiger partial charge on any atom is -0.289 e. The summed E-state index contributed by atoms with van der Waals surface area (Å²) in [6.45, 7) is 0. The van der Waals surface area contributed by atoms with Gasteiger partial charge in [0, 0.05) is 11.1 Å². The van der Waals surface area contributed by atoms with Gasteiger partial charge in [0.1, 0.15) is 0 Å². The molecule has 2 aromatic rings. The third-order valence-corrected chi connectivity index (χ3v) is 3.84. The minimum atomic E-state index is -0.188. The van der Waals surface area contributed by atoms with Gasteiger partial charge in [-0.05, 0) is 36.4 Å². The maximum Gasteiger partial charge on any atom is 0.193 e. The highest BCUT2D eigenvalue weighted by Crippen LogP contribution is 2.26. The summed E-state index contributed by atoms with van der Waals surface area (Å²) in [4.78, 5) is 12.2. The van der Waals surface area contributed by atoms with E-state index in [1.807, 2.05) is 0 Å². The number of carbonyl (C=O) groups excluding carboxylic acids is 1. The molecular formula is C13H7Cl5O. The lowest BCUT2D eigenvalue weighted by atomic mass is 10.0. The molecule has 0 heterocycles. The van der Waals surface area contributed by atoms with Crippen molar-refractivity contribution in [1.82, 2.24) is 0 Å². The highest BCUT2D eigenvalue weighted by atomic mass is 35.5. The van der Waals surface area contributed by atoms with Crippen LogP contribution in [0.25, 0.3) is 0 Å². The first-order valence-corrected chi connectivity index (χ1v) is 6.45. The van der Waals surface area contributed by atoms with E-state index in [1.165, 1.54) is 12.1 Å². The van der Waals surface area contributed by atoms with Gasteiger partial charge in [0.2, 0.25) is 0 Å². The molecule has 1 nitrogen and oxygen atoms in total. The molecule has 0 spiro atoms. The van der Waals surface area contributed by atoms with Crippen molar-refractivity contribution in [2.24, 2.45) is 0 Å². The summed E-state index contributed by atoms with van der Waals surface area (Å²) in [6, 6.07) is 9.42. The van der Waals surface area contributed by atoms with E-state index in [0.717, 1.165) is 0 Å². The number of hydrogen-bond donors (Lipinski definition) is 0. The van der Waals surface area contributed by atoms with Crippen molar-refractivity contribution >= 4 is 64.6 Å². The molecule has 0 saturated heterocycles. The third kappa shape index (κ3) is 3.77. The fraction of sp³-hybridized carbons (Fsp3) is 0. The molecule has 2 rings (SSSR count). The molecule has 6 heteroatoms. The second-order valence-electron chi connectivity index (χ2n) is 3.59. The Morgan fingerprint density at radius 2 is 1.05 bits per heavy atom. The van der Waals surface area contributed by atoms with E-state index in [-0.39, 0.29) is 18.2 Å². The van der Waals surface area contributed by atoms with Crippen LogP contribution in [0.5, 0.6) is 0 Å². The lowest BCUT2D eigenvalue weighted by Gasteiger charge is -2.04. The number of ketones is 1. The van der Waals surface area contributed by atoms with Crippen LogP contribution >= 0.6 is 58.8 Å². The fourth-order valence-electron chi connectivity index (χ4n) is 1.44. The van der Waals surface area contributed by atoms with Crippen LogP contribution in [0.3, 0.4) is 0 Å². The first-order chi connectivity index (χ1) is 8.49. The zero-order chi connectivity index (χ0) is 13.3. The van der Waals surface area contributed by atoms with Crippen molar-refractivity contribution in [1.29, 1.82) is 0 Å². The Kier molecular flexibility index (Phi) is 5.97. The highest BCUT2D eigenvalue weighted by Gasteiger charge is 2.12. The van der Waals surface area contributed by atoms with E-state index in [1.54, 1.807) is 24.3 Å². The van der Waals surface area contributed by atoms with Gasteiger partial charge in [-0.25, -0.2) is 0 Å². The van der Waals surface area contributed by atoms with Crippen LogP contribution in [0.15, 0.2) is 36.4 Å². The minimum absolute atomic E-state index is 0. The second kappa shape index (κ2) is 6.83. The molecule has 0 aliphatic carbocycles. The van der Waals surface area contributed by atoms with Crippen LogP contribution in [0.1, 0.15) is 15.9 Å². The van der Waals surface area contributed by atoms with E-state index in [2.05, 4.69) is 0 Å². The zero-order valence-corrected chi connectivity index (χ0v) is 13.1. The lowest BCUT2D eigenvalue weighted by Crippen LogP contribution is -2.01. The van der Waals surface area contributed by atoms with Crippen molar-refractivity contribution < 1.29 is 4.79 Å². The molecule has 0 aliphatic heterocycles. The van der Waals surface area contributed by atoms with Gasteiger partial charge in [0.25, 0.3) is 0 Å². The topological polar surface area (TPSA) is 17.1 Å². The van der Waals surface area contributed by atoms with E-state index in [0.29, 0.717) is 31.2 Å². The normalized spacial score (nSPS) is 9.89. The van der Waals surface area contributed by atoms with Gasteiger partial charge < -0.3 is 0 Å². The largest absolute Gasteiger partial charge is 0.289 e. The fourth-order valence-corrected chi connectivity index (χ4v) is 2.04. The number of rotatable bonds is 2. The van der Waals surface area contributed by atoms with Gasteiger partial charge in [-0.1, -0.05) is 46.4 Å². The summed E-state index contributed by atoms with van der Waals surface area (Å²) >= 11 is 23.3. The summed E-state index contributed by atoms with van der Waals surface area (Å²) in [5.41, 5.74) is 0.894. The molecule has 0 radical (unpaired) electrons. The van der Waals surface area contributed by atoms with E-state index in [4.69, 9.17) is 46.4 Å². The van der Waals surface area contributed by atoms with Gasteiger partial charge in [0.15, 0.2) is 5.78 Å². The molecular weight excluding hydrogens is 349 g/mol. The highest BCUT2D eigenvalue weighted by molar-refractivity contribution is 6.43. The van der Waals surface area contributed by atoms with Crippen molar-refractivity contribution in [2.75, 3.05) is 0 Å². The number of hydrogen-bond acceptors (Lipinski definition) is 1. The maximum absolute atomic E-state index is 12.2. The number of carbonyl (C=O) groups is 1. The summed E-state index contributed by atoms with van der Waals surface area (Å²) in [6.07, 6.45) is 0. The third-order valence-electron chi connectivity index (χ3n) is 2.36. The molecule has 0 N–H and O–H groups in total. The number of halogens is 5. The molecule has 19 heavy (non-hydrogen) atoms. The maximum atomic E-state index is 12.2. The van der Waals surface area contributed by atoms with Gasteiger partial charge in [-0.3, -0.25) is 4.79 Å². The van der Waals surface area contributed by atoms with Crippen molar-refractivity contribution in [3.05, 3.63) is 67.6 Å². The summed E-state index contributed by atoms with van der Waals surface area (Å²) in [5.74, 6) is -0.188. The predicted molar refractivity (Wildman–Crippen MR) is 83.6 cm³/mol. The molecule has 0 amide bonds. The van der Waals surface area contributed by atoms with Crippen LogP contribution in [0, 0.1) is 0 Å². The first-order valence-electron chi connectivity index (χ1n) is 4.94. The molecule has 0 aliphatic rings. The van der Waals surface area contributed by atoms with Gasteiger partial charge in [0.05, 0.1) is 20.1 Å². The Balaban J connectivity index is 0.00000180. The Morgan fingerprint density at radius 3 is 1.37 bits per heavy atom. The smallest absolute Gasteiger partial charge is 0.193 e. The van der Waals surface area contributed by atoms with Crippen molar-refractivity contribution in [2.45, 2.75) is 0 Å². The van der Waals surface area contributed by atoms with Crippen LogP contribution in [-0.2, 0) is 0 Å². The molecule has 0 fully saturated rings. The van der Waals surface area contributed by atoms with Crippen LogP contribution < -0.4 is 0 Å². The standard InChI is InChI=1S/C13H6Cl4O.ClH/c14-9-3-1-7(5-11(9)16)13(18)8-2-4-10(15)12(17)6-8;/h1-6H;1H. The Hall–Kier alpha value is -0.440. The van der Waals surface area contributed by atoms with Crippen LogP contribution in [-0.4, -0.2) is 5.78 Å². The molecule has 0 unspecified atom stereocenters.